The van der Waals surface area contributed by atoms with E-state index in [1.54, 1.807) is 18.1 Å². The number of fused-ring (bicyclic) bond motifs is 1. The fraction of sp³-hybridized carbons (Fsp3) is 0.333. The van der Waals surface area contributed by atoms with E-state index in [9.17, 15) is 4.79 Å². The van der Waals surface area contributed by atoms with E-state index < -0.39 is 0 Å². The average molecular weight is 356 g/mol. The van der Waals surface area contributed by atoms with Gasteiger partial charge < -0.3 is 19.7 Å². The molecule has 0 aliphatic carbocycles. The van der Waals surface area contributed by atoms with Crippen LogP contribution in [0, 0.1) is 0 Å². The molecule has 1 aromatic heterocycles. The van der Waals surface area contributed by atoms with Gasteiger partial charge in [-0.1, -0.05) is 0 Å². The Hall–Kier alpha value is -1.83. The second-order valence-electron chi connectivity index (χ2n) is 4.93. The van der Waals surface area contributed by atoms with Crippen LogP contribution in [0.15, 0.2) is 24.4 Å². The standard InChI is InChI=1S/C15H17N3O3S.ClH/c1-16-5-6-18(2)15(19)13-8-17-14(22-13)10-3-4-11-12(7-10)21-9-20-11;/h3-4,7-8,16H,5-6,9H2,1-2H3;1H. The minimum absolute atomic E-state index is 0. The van der Waals surface area contributed by atoms with Gasteiger partial charge >= 0.3 is 0 Å². The number of benzene rings is 1. The average Bonchev–Trinajstić information content (AvgIpc) is 3.19. The summed E-state index contributed by atoms with van der Waals surface area (Å²) in [5, 5.41) is 3.82. The summed E-state index contributed by atoms with van der Waals surface area (Å²) in [4.78, 5) is 19.0. The number of carbonyl (C=O) groups excluding carboxylic acids is 1. The molecular weight excluding hydrogens is 338 g/mol. The maximum Gasteiger partial charge on any atom is 0.265 e. The van der Waals surface area contributed by atoms with Crippen LogP contribution in [-0.4, -0.2) is 49.8 Å². The van der Waals surface area contributed by atoms with Crippen LogP contribution in [0.25, 0.3) is 10.6 Å². The summed E-state index contributed by atoms with van der Waals surface area (Å²) in [5.41, 5.74) is 0.922. The second-order valence-corrected chi connectivity index (χ2v) is 5.96. The first-order chi connectivity index (χ1) is 10.7. The number of ether oxygens (including phenoxy) is 2. The van der Waals surface area contributed by atoms with Crippen molar-refractivity contribution in [1.82, 2.24) is 15.2 Å². The maximum atomic E-state index is 12.3. The monoisotopic (exact) mass is 355 g/mol. The molecule has 124 valence electrons. The first kappa shape index (κ1) is 17.5. The van der Waals surface area contributed by atoms with Gasteiger partial charge in [-0.05, 0) is 25.2 Å². The zero-order valence-corrected chi connectivity index (χ0v) is 14.5. The third-order valence-corrected chi connectivity index (χ3v) is 4.41. The molecule has 6 nitrogen and oxygen atoms in total. The molecule has 0 spiro atoms. The van der Waals surface area contributed by atoms with E-state index in [-0.39, 0.29) is 25.1 Å². The molecule has 3 rings (SSSR count). The van der Waals surface area contributed by atoms with E-state index in [1.807, 2.05) is 25.2 Å². The zero-order chi connectivity index (χ0) is 15.5. The van der Waals surface area contributed by atoms with E-state index in [1.165, 1.54) is 11.3 Å². The molecule has 1 aromatic carbocycles. The topological polar surface area (TPSA) is 63.7 Å². The van der Waals surface area contributed by atoms with Crippen LogP contribution in [0.3, 0.4) is 0 Å². The van der Waals surface area contributed by atoms with Crippen LogP contribution < -0.4 is 14.8 Å². The van der Waals surface area contributed by atoms with Crippen LogP contribution in [-0.2, 0) is 0 Å². The first-order valence-corrected chi connectivity index (χ1v) is 7.76. The summed E-state index contributed by atoms with van der Waals surface area (Å²) in [5.74, 6) is 1.44. The number of halogens is 1. The molecule has 0 saturated carbocycles. The van der Waals surface area contributed by atoms with Crippen LogP contribution in [0.5, 0.6) is 11.5 Å². The first-order valence-electron chi connectivity index (χ1n) is 6.95. The van der Waals surface area contributed by atoms with Gasteiger partial charge in [-0.3, -0.25) is 4.79 Å². The summed E-state index contributed by atoms with van der Waals surface area (Å²) in [7, 11) is 3.66. The van der Waals surface area contributed by atoms with Gasteiger partial charge in [0.05, 0.1) is 6.20 Å². The Morgan fingerprint density at radius 2 is 2.17 bits per heavy atom. The normalized spacial score (nSPS) is 11.9. The molecule has 0 fully saturated rings. The molecule has 0 bridgehead atoms. The summed E-state index contributed by atoms with van der Waals surface area (Å²) in [6.07, 6.45) is 1.63. The molecule has 2 aromatic rings. The van der Waals surface area contributed by atoms with Crippen LogP contribution >= 0.6 is 23.7 Å². The molecular formula is C15H18ClN3O3S. The number of amides is 1. The van der Waals surface area contributed by atoms with Gasteiger partial charge in [-0.25, -0.2) is 4.98 Å². The highest BCUT2D eigenvalue weighted by Crippen LogP contribution is 2.37. The number of nitrogens with zero attached hydrogens (tertiary/aromatic N) is 2. The smallest absolute Gasteiger partial charge is 0.265 e. The van der Waals surface area contributed by atoms with Gasteiger partial charge in [0.15, 0.2) is 11.5 Å². The summed E-state index contributed by atoms with van der Waals surface area (Å²) in [6, 6.07) is 5.67. The number of carbonyl (C=O) groups is 1. The quantitative estimate of drug-likeness (QED) is 0.891. The minimum atomic E-state index is -0.0141. The van der Waals surface area contributed by atoms with E-state index in [4.69, 9.17) is 9.47 Å². The Morgan fingerprint density at radius 3 is 2.96 bits per heavy atom. The van der Waals surface area contributed by atoms with E-state index in [0.717, 1.165) is 22.9 Å². The van der Waals surface area contributed by atoms with Gasteiger partial charge in [0, 0.05) is 25.7 Å². The zero-order valence-electron chi connectivity index (χ0n) is 12.9. The highest BCUT2D eigenvalue weighted by atomic mass is 35.5. The Kier molecular flexibility index (Phi) is 5.81. The maximum absolute atomic E-state index is 12.3. The summed E-state index contributed by atoms with van der Waals surface area (Å²) in [6.45, 7) is 1.67. The van der Waals surface area contributed by atoms with Crippen molar-refractivity contribution in [1.29, 1.82) is 0 Å². The van der Waals surface area contributed by atoms with Crippen molar-refractivity contribution in [2.75, 3.05) is 34.0 Å². The highest BCUT2D eigenvalue weighted by molar-refractivity contribution is 7.16. The lowest BCUT2D eigenvalue weighted by Crippen LogP contribution is -2.32. The molecule has 23 heavy (non-hydrogen) atoms. The summed E-state index contributed by atoms with van der Waals surface area (Å²) >= 11 is 1.38. The lowest BCUT2D eigenvalue weighted by atomic mass is 10.2. The van der Waals surface area contributed by atoms with Crippen LogP contribution in [0.4, 0.5) is 0 Å². The van der Waals surface area contributed by atoms with Crippen LogP contribution in [0.2, 0.25) is 0 Å². The highest BCUT2D eigenvalue weighted by Gasteiger charge is 2.18. The van der Waals surface area contributed by atoms with Crippen molar-refractivity contribution in [3.63, 3.8) is 0 Å². The Labute approximate surface area is 144 Å². The Balaban J connectivity index is 0.00000192. The van der Waals surface area contributed by atoms with E-state index in [2.05, 4.69) is 10.3 Å². The second kappa shape index (κ2) is 7.63. The third kappa shape index (κ3) is 3.74. The Morgan fingerprint density at radius 1 is 1.39 bits per heavy atom. The molecule has 0 saturated heterocycles. The van der Waals surface area contributed by atoms with Crippen molar-refractivity contribution in [3.05, 3.63) is 29.3 Å². The minimum Gasteiger partial charge on any atom is -0.454 e. The lowest BCUT2D eigenvalue weighted by Gasteiger charge is -2.15. The number of likely N-dealkylation sites (N-methyl/N-ethyl adjacent to an activating group) is 2. The predicted molar refractivity (Wildman–Crippen MR) is 91.8 cm³/mol. The number of hydrogen-bond acceptors (Lipinski definition) is 6. The number of nitrogens with one attached hydrogen (secondary N) is 1. The van der Waals surface area contributed by atoms with E-state index in [0.29, 0.717) is 17.2 Å². The van der Waals surface area contributed by atoms with Gasteiger partial charge in [0.25, 0.3) is 5.91 Å². The number of rotatable bonds is 5. The van der Waals surface area contributed by atoms with Gasteiger partial charge in [-0.2, -0.15) is 0 Å². The lowest BCUT2D eigenvalue weighted by molar-refractivity contribution is 0.0801. The fourth-order valence-electron chi connectivity index (χ4n) is 2.11. The Bertz CT molecular complexity index is 692. The van der Waals surface area contributed by atoms with Crippen molar-refractivity contribution in [3.8, 4) is 22.1 Å². The molecule has 2 heterocycles. The molecule has 1 aliphatic rings. The molecule has 1 amide bonds. The van der Waals surface area contributed by atoms with Crippen LogP contribution in [0.1, 0.15) is 9.67 Å². The number of hydrogen-bond donors (Lipinski definition) is 1. The molecule has 1 aliphatic heterocycles. The summed E-state index contributed by atoms with van der Waals surface area (Å²) < 4.78 is 10.7. The van der Waals surface area contributed by atoms with Gasteiger partial charge in [0.2, 0.25) is 6.79 Å². The van der Waals surface area contributed by atoms with Crippen molar-refractivity contribution < 1.29 is 14.3 Å². The van der Waals surface area contributed by atoms with E-state index >= 15 is 0 Å². The largest absolute Gasteiger partial charge is 0.454 e. The van der Waals surface area contributed by atoms with Crippen molar-refractivity contribution >= 4 is 29.7 Å². The molecule has 0 atom stereocenters. The third-order valence-electron chi connectivity index (χ3n) is 3.38. The number of thiazole rings is 1. The fourth-order valence-corrected chi connectivity index (χ4v) is 3.01. The molecule has 8 heteroatoms. The molecule has 0 radical (unpaired) electrons. The predicted octanol–water partition coefficient (Wildman–Crippen LogP) is 2.25. The molecule has 0 unspecified atom stereocenters. The SMILES string of the molecule is CNCCN(C)C(=O)c1cnc(-c2ccc3c(c2)OCO3)s1.Cl. The van der Waals surface area contributed by atoms with Gasteiger partial charge in [0.1, 0.15) is 9.88 Å². The van der Waals surface area contributed by atoms with Gasteiger partial charge in [-0.15, -0.1) is 23.7 Å². The van der Waals surface area contributed by atoms with Crippen molar-refractivity contribution in [2.24, 2.45) is 0 Å². The van der Waals surface area contributed by atoms with Crippen molar-refractivity contribution in [2.45, 2.75) is 0 Å². The number of aromatic nitrogens is 1. The molecule has 1 N–H and O–H groups in total.